The minimum atomic E-state index is -0.384. The molecule has 0 atom stereocenters. The maximum Gasteiger partial charge on any atom is 0.259 e. The zero-order valence-corrected chi connectivity index (χ0v) is 16.1. The molecule has 0 aliphatic carbocycles. The summed E-state index contributed by atoms with van der Waals surface area (Å²) >= 11 is 5.23. The van der Waals surface area contributed by atoms with Crippen LogP contribution in [0, 0.1) is 10.7 Å². The van der Waals surface area contributed by atoms with Crippen LogP contribution in [0.2, 0.25) is 0 Å². The van der Waals surface area contributed by atoms with Gasteiger partial charge in [0.05, 0.1) is 17.9 Å². The molecule has 27 heavy (non-hydrogen) atoms. The summed E-state index contributed by atoms with van der Waals surface area (Å²) in [7, 11) is 0. The fourth-order valence-electron chi connectivity index (χ4n) is 2.71. The van der Waals surface area contributed by atoms with Crippen LogP contribution in [0.15, 0.2) is 59.4 Å². The number of aromatic nitrogens is 2. The number of H-pyrrole nitrogens is 1. The molecule has 0 saturated carbocycles. The van der Waals surface area contributed by atoms with Crippen LogP contribution >= 0.6 is 12.2 Å². The number of hydrogen-bond acceptors (Lipinski definition) is 4. The summed E-state index contributed by atoms with van der Waals surface area (Å²) in [5.74, 6) is 1.09. The second-order valence-electron chi connectivity index (χ2n) is 6.76. The van der Waals surface area contributed by atoms with E-state index in [2.05, 4.69) is 18.8 Å². The number of rotatable bonds is 6. The van der Waals surface area contributed by atoms with E-state index in [9.17, 15) is 9.90 Å². The van der Waals surface area contributed by atoms with Crippen LogP contribution in [0.3, 0.4) is 0 Å². The fourth-order valence-corrected chi connectivity index (χ4v) is 2.99. The van der Waals surface area contributed by atoms with Crippen LogP contribution in [0.4, 0.5) is 0 Å². The molecule has 2 N–H and O–H groups in total. The van der Waals surface area contributed by atoms with Crippen molar-refractivity contribution >= 4 is 12.2 Å². The van der Waals surface area contributed by atoms with Gasteiger partial charge in [-0.1, -0.05) is 44.2 Å². The molecule has 1 heterocycles. The Balaban J connectivity index is 1.91. The van der Waals surface area contributed by atoms with Crippen molar-refractivity contribution in [3.63, 3.8) is 0 Å². The van der Waals surface area contributed by atoms with Gasteiger partial charge in [0.25, 0.3) is 5.56 Å². The number of benzene rings is 2. The molecule has 5 nitrogen and oxygen atoms in total. The molecule has 1 aromatic heterocycles. The molecule has 6 heteroatoms. The lowest BCUT2D eigenvalue weighted by Gasteiger charge is -2.13. The van der Waals surface area contributed by atoms with E-state index in [0.717, 1.165) is 11.3 Å². The standard InChI is InChI=1S/C21H22N2O3S/c1-14(2)13-26-17-10-8-15(9-11-17)12-18-19(24)22-21(27)23(20(18)25)16-6-4-3-5-7-16/h3-11,14,25H,12-13H2,1-2H3,(H,22,24,27). The fraction of sp³-hybridized carbons (Fsp3) is 0.238. The Morgan fingerprint density at radius 3 is 2.41 bits per heavy atom. The highest BCUT2D eigenvalue weighted by molar-refractivity contribution is 7.71. The van der Waals surface area contributed by atoms with Gasteiger partial charge < -0.3 is 9.84 Å². The largest absolute Gasteiger partial charge is 0.494 e. The number of ether oxygens (including phenoxy) is 1. The van der Waals surface area contributed by atoms with Gasteiger partial charge in [0.2, 0.25) is 5.88 Å². The van der Waals surface area contributed by atoms with Gasteiger partial charge in [-0.3, -0.25) is 14.3 Å². The quantitative estimate of drug-likeness (QED) is 0.626. The maximum atomic E-state index is 12.4. The van der Waals surface area contributed by atoms with Crippen molar-refractivity contribution in [3.05, 3.63) is 80.8 Å². The molecule has 0 saturated heterocycles. The molecule has 0 bridgehead atoms. The summed E-state index contributed by atoms with van der Waals surface area (Å²) in [4.78, 5) is 15.0. The summed E-state index contributed by atoms with van der Waals surface area (Å²) in [6, 6.07) is 16.7. The molecule has 0 unspecified atom stereocenters. The van der Waals surface area contributed by atoms with Crippen molar-refractivity contribution in [1.82, 2.24) is 9.55 Å². The Kier molecular flexibility index (Phi) is 5.76. The van der Waals surface area contributed by atoms with Crippen LogP contribution in [0.1, 0.15) is 25.0 Å². The third-order valence-corrected chi connectivity index (χ3v) is 4.37. The molecule has 2 aromatic carbocycles. The third kappa shape index (κ3) is 4.46. The van der Waals surface area contributed by atoms with E-state index in [1.54, 1.807) is 0 Å². The highest BCUT2D eigenvalue weighted by atomic mass is 32.1. The van der Waals surface area contributed by atoms with Gasteiger partial charge >= 0.3 is 0 Å². The van der Waals surface area contributed by atoms with E-state index in [1.165, 1.54) is 4.57 Å². The van der Waals surface area contributed by atoms with Gasteiger partial charge in [-0.15, -0.1) is 0 Å². The van der Waals surface area contributed by atoms with Gasteiger partial charge in [-0.05, 0) is 48.0 Å². The van der Waals surface area contributed by atoms with Crippen LogP contribution in [-0.2, 0) is 6.42 Å². The first-order chi connectivity index (χ1) is 13.0. The first-order valence-electron chi connectivity index (χ1n) is 8.80. The van der Waals surface area contributed by atoms with E-state index in [-0.39, 0.29) is 28.2 Å². The second kappa shape index (κ2) is 8.22. The highest BCUT2D eigenvalue weighted by Crippen LogP contribution is 2.22. The summed E-state index contributed by atoms with van der Waals surface area (Å²) in [6.45, 7) is 4.83. The number of para-hydroxylation sites is 1. The molecule has 0 aliphatic heterocycles. The molecule has 3 aromatic rings. The van der Waals surface area contributed by atoms with Crippen LogP contribution < -0.4 is 10.3 Å². The summed E-state index contributed by atoms with van der Waals surface area (Å²) in [6.07, 6.45) is 0.286. The van der Waals surface area contributed by atoms with Crippen LogP contribution in [0.5, 0.6) is 11.6 Å². The van der Waals surface area contributed by atoms with Crippen molar-refractivity contribution in [2.45, 2.75) is 20.3 Å². The Labute approximate surface area is 162 Å². The average Bonchev–Trinajstić information content (AvgIpc) is 2.65. The Bertz CT molecular complexity index is 1020. The lowest BCUT2D eigenvalue weighted by Crippen LogP contribution is -2.18. The van der Waals surface area contributed by atoms with Gasteiger partial charge in [-0.25, -0.2) is 0 Å². The molecule has 0 amide bonds. The minimum absolute atomic E-state index is 0.143. The number of nitrogens with zero attached hydrogens (tertiary/aromatic N) is 1. The Hall–Kier alpha value is -2.86. The average molecular weight is 382 g/mol. The van der Waals surface area contributed by atoms with Crippen molar-refractivity contribution in [2.24, 2.45) is 5.92 Å². The molecule has 3 rings (SSSR count). The number of nitrogens with one attached hydrogen (secondary N) is 1. The van der Waals surface area contributed by atoms with E-state index < -0.39 is 0 Å². The van der Waals surface area contributed by atoms with Crippen LogP contribution in [-0.4, -0.2) is 21.3 Å². The third-order valence-electron chi connectivity index (χ3n) is 4.08. The minimum Gasteiger partial charge on any atom is -0.494 e. The predicted molar refractivity (Wildman–Crippen MR) is 108 cm³/mol. The highest BCUT2D eigenvalue weighted by Gasteiger charge is 2.14. The maximum absolute atomic E-state index is 12.4. The van der Waals surface area contributed by atoms with Crippen LogP contribution in [0.25, 0.3) is 5.69 Å². The molecule has 0 fully saturated rings. The smallest absolute Gasteiger partial charge is 0.259 e. The molecule has 140 valence electrons. The predicted octanol–water partition coefficient (Wildman–Crippen LogP) is 4.23. The zero-order chi connectivity index (χ0) is 19.4. The van der Waals surface area contributed by atoms with E-state index in [4.69, 9.17) is 17.0 Å². The molecule has 0 spiro atoms. The first kappa shape index (κ1) is 18.9. The first-order valence-corrected chi connectivity index (χ1v) is 9.21. The number of aromatic hydroxyl groups is 1. The molecular weight excluding hydrogens is 360 g/mol. The van der Waals surface area contributed by atoms with E-state index in [1.807, 2.05) is 54.6 Å². The molecule has 0 aliphatic rings. The molecular formula is C21H22N2O3S. The van der Waals surface area contributed by atoms with Crippen molar-refractivity contribution in [2.75, 3.05) is 6.61 Å². The van der Waals surface area contributed by atoms with E-state index >= 15 is 0 Å². The van der Waals surface area contributed by atoms with Crippen molar-refractivity contribution in [1.29, 1.82) is 0 Å². The van der Waals surface area contributed by atoms with Crippen molar-refractivity contribution in [3.8, 4) is 17.3 Å². The Morgan fingerprint density at radius 2 is 1.78 bits per heavy atom. The summed E-state index contributed by atoms with van der Waals surface area (Å²) < 4.78 is 7.30. The zero-order valence-electron chi connectivity index (χ0n) is 15.3. The van der Waals surface area contributed by atoms with Gasteiger partial charge in [0.1, 0.15) is 5.75 Å². The Morgan fingerprint density at radius 1 is 1.11 bits per heavy atom. The normalized spacial score (nSPS) is 10.9. The van der Waals surface area contributed by atoms with E-state index in [0.29, 0.717) is 18.2 Å². The molecule has 0 radical (unpaired) electrons. The van der Waals surface area contributed by atoms with Gasteiger partial charge in [-0.2, -0.15) is 0 Å². The topological polar surface area (TPSA) is 67.2 Å². The SMILES string of the molecule is CC(C)COc1ccc(Cc2c(O)n(-c3ccccc3)c(=S)[nH]c2=O)cc1. The second-order valence-corrected chi connectivity index (χ2v) is 7.14. The lowest BCUT2D eigenvalue weighted by molar-refractivity contribution is 0.271. The summed E-state index contributed by atoms with van der Waals surface area (Å²) in [5, 5.41) is 10.7. The number of hydrogen-bond donors (Lipinski definition) is 2. The lowest BCUT2D eigenvalue weighted by atomic mass is 10.1. The van der Waals surface area contributed by atoms with Gasteiger partial charge in [0, 0.05) is 6.42 Å². The van der Waals surface area contributed by atoms with Gasteiger partial charge in [0.15, 0.2) is 4.77 Å². The van der Waals surface area contributed by atoms with Crippen molar-refractivity contribution < 1.29 is 9.84 Å². The number of aromatic amines is 1. The monoisotopic (exact) mass is 382 g/mol. The summed E-state index contributed by atoms with van der Waals surface area (Å²) in [5.41, 5.74) is 1.47.